The van der Waals surface area contributed by atoms with Crippen LogP contribution in [-0.2, 0) is 9.59 Å². The highest BCUT2D eigenvalue weighted by molar-refractivity contribution is 5.77. The third kappa shape index (κ3) is 2.48. The van der Waals surface area contributed by atoms with Crippen molar-refractivity contribution in [3.8, 4) is 0 Å². The summed E-state index contributed by atoms with van der Waals surface area (Å²) in [5.74, 6) is 0.0494. The minimum atomic E-state index is 0. The number of carbonyl (C=O) groups is 2. The smallest absolute Gasteiger partial charge is 0.300 e. The van der Waals surface area contributed by atoms with Crippen molar-refractivity contribution in [2.24, 2.45) is 0 Å². The second-order valence-corrected chi connectivity index (χ2v) is 2.52. The van der Waals surface area contributed by atoms with E-state index in [4.69, 9.17) is 0 Å². The van der Waals surface area contributed by atoms with Gasteiger partial charge in [0.25, 0.3) is 12.3 Å². The van der Waals surface area contributed by atoms with E-state index in [-0.39, 0.29) is 18.3 Å². The Bertz CT molecular complexity index is 163. The Morgan fingerprint density at radius 3 is 2.73 bits per heavy atom. The van der Waals surface area contributed by atoms with Gasteiger partial charge in [-0.3, -0.25) is 9.69 Å². The van der Waals surface area contributed by atoms with Crippen LogP contribution in [0.15, 0.2) is 0 Å². The van der Waals surface area contributed by atoms with Crippen LogP contribution in [0.2, 0.25) is 0 Å². The van der Waals surface area contributed by atoms with Gasteiger partial charge in [0.15, 0.2) is 6.54 Å². The lowest BCUT2D eigenvalue weighted by Gasteiger charge is -2.24. The van der Waals surface area contributed by atoms with Crippen molar-refractivity contribution < 1.29 is 26.9 Å². The number of piperazine rings is 1. The standard InChI is InChI=1S/C6H10N2O2.ClH/c1-7-2-3-8(5-9)4-6(7)10;/h5H,2-4H2,1H3;1H. The molecule has 0 bridgehead atoms. The predicted molar refractivity (Wildman–Crippen MR) is 34.4 cm³/mol. The molecule has 0 aromatic heterocycles. The average molecular weight is 179 g/mol. The fourth-order valence-corrected chi connectivity index (χ4v) is 0.954. The van der Waals surface area contributed by atoms with E-state index in [1.54, 1.807) is 11.9 Å². The molecule has 1 aliphatic rings. The van der Waals surface area contributed by atoms with Gasteiger partial charge in [0, 0.05) is 7.05 Å². The maximum absolute atomic E-state index is 10.9. The zero-order chi connectivity index (χ0) is 7.56. The normalized spacial score (nSPS) is 24.3. The fraction of sp³-hybridized carbons (Fsp3) is 0.667. The Balaban J connectivity index is 0.000001000. The number of amides is 2. The SMILES string of the molecule is CN1CC[NH+](C=O)CC1=O.[Cl-]. The summed E-state index contributed by atoms with van der Waals surface area (Å²) in [5, 5.41) is 0. The van der Waals surface area contributed by atoms with Gasteiger partial charge >= 0.3 is 0 Å². The summed E-state index contributed by atoms with van der Waals surface area (Å²) in [5.41, 5.74) is 0. The maximum atomic E-state index is 10.9. The van der Waals surface area contributed by atoms with Crippen molar-refractivity contribution >= 4 is 12.3 Å². The van der Waals surface area contributed by atoms with Crippen LogP contribution in [0.4, 0.5) is 0 Å². The monoisotopic (exact) mass is 178 g/mol. The van der Waals surface area contributed by atoms with Gasteiger partial charge in [-0.1, -0.05) is 0 Å². The van der Waals surface area contributed by atoms with Crippen molar-refractivity contribution in [2.45, 2.75) is 0 Å². The van der Waals surface area contributed by atoms with E-state index in [2.05, 4.69) is 0 Å². The molecule has 4 nitrogen and oxygen atoms in total. The number of nitrogens with zero attached hydrogens (tertiary/aromatic N) is 1. The number of hydrogen-bond donors (Lipinski definition) is 1. The molecule has 1 aliphatic heterocycles. The number of hydrogen-bond acceptors (Lipinski definition) is 2. The van der Waals surface area contributed by atoms with Gasteiger partial charge in [-0.25, -0.2) is 4.79 Å². The van der Waals surface area contributed by atoms with Gasteiger partial charge in [-0.15, -0.1) is 0 Å². The highest BCUT2D eigenvalue weighted by Gasteiger charge is 2.23. The van der Waals surface area contributed by atoms with Crippen molar-refractivity contribution in [2.75, 3.05) is 26.7 Å². The van der Waals surface area contributed by atoms with Gasteiger partial charge in [0.2, 0.25) is 0 Å². The number of quaternary nitrogens is 1. The van der Waals surface area contributed by atoms with Crippen LogP contribution >= 0.6 is 0 Å². The summed E-state index contributed by atoms with van der Waals surface area (Å²) in [4.78, 5) is 23.5. The number of halogens is 1. The second-order valence-electron chi connectivity index (χ2n) is 2.52. The molecule has 0 spiro atoms. The third-order valence-electron chi connectivity index (χ3n) is 1.74. The lowest BCUT2D eigenvalue weighted by Crippen LogP contribution is -3.14. The van der Waals surface area contributed by atoms with Gasteiger partial charge in [0.1, 0.15) is 6.54 Å². The Hall–Kier alpha value is -0.610. The highest BCUT2D eigenvalue weighted by Crippen LogP contribution is 1.82. The zero-order valence-electron chi connectivity index (χ0n) is 6.34. The molecule has 1 fully saturated rings. The van der Waals surface area contributed by atoms with Crippen LogP contribution in [0.3, 0.4) is 0 Å². The van der Waals surface area contributed by atoms with Crippen molar-refractivity contribution in [1.82, 2.24) is 4.90 Å². The fourth-order valence-electron chi connectivity index (χ4n) is 0.954. The topological polar surface area (TPSA) is 41.8 Å². The van der Waals surface area contributed by atoms with Gasteiger partial charge in [-0.05, 0) is 0 Å². The van der Waals surface area contributed by atoms with E-state index >= 15 is 0 Å². The predicted octanol–water partition coefficient (Wildman–Crippen LogP) is -5.50. The van der Waals surface area contributed by atoms with Crippen molar-refractivity contribution in [3.63, 3.8) is 0 Å². The lowest BCUT2D eigenvalue weighted by molar-refractivity contribution is -0.805. The Morgan fingerprint density at radius 1 is 1.64 bits per heavy atom. The van der Waals surface area contributed by atoms with E-state index in [1.165, 1.54) is 0 Å². The Labute approximate surface area is 71.6 Å². The Kier molecular flexibility index (Phi) is 4.07. The summed E-state index contributed by atoms with van der Waals surface area (Å²) in [7, 11) is 1.75. The number of nitrogens with one attached hydrogen (secondary N) is 1. The molecule has 1 N–H and O–H groups in total. The number of likely N-dealkylation sites (N-methyl/N-ethyl adjacent to an activating group) is 1. The summed E-state index contributed by atoms with van der Waals surface area (Å²) in [6.07, 6.45) is 0.797. The number of carbonyl (C=O) groups excluding carboxylic acids is 2. The molecule has 5 heteroatoms. The molecule has 1 saturated heterocycles. The second kappa shape index (κ2) is 4.31. The van der Waals surface area contributed by atoms with Crippen LogP contribution < -0.4 is 17.3 Å². The lowest BCUT2D eigenvalue weighted by atomic mass is 10.3. The van der Waals surface area contributed by atoms with E-state index in [1.807, 2.05) is 0 Å². The van der Waals surface area contributed by atoms with Crippen LogP contribution in [0.25, 0.3) is 0 Å². The first-order chi connectivity index (χ1) is 4.74. The molecule has 0 aromatic rings. The first kappa shape index (κ1) is 10.4. The minimum absolute atomic E-state index is 0. The molecule has 64 valence electrons. The van der Waals surface area contributed by atoms with Crippen LogP contribution in [0.5, 0.6) is 0 Å². The van der Waals surface area contributed by atoms with Crippen LogP contribution in [0, 0.1) is 0 Å². The summed E-state index contributed by atoms with van der Waals surface area (Å²) >= 11 is 0. The highest BCUT2D eigenvalue weighted by atomic mass is 35.5. The molecule has 1 atom stereocenters. The van der Waals surface area contributed by atoms with Crippen molar-refractivity contribution in [3.05, 3.63) is 0 Å². The van der Waals surface area contributed by atoms with E-state index in [9.17, 15) is 9.59 Å². The molecule has 0 aliphatic carbocycles. The van der Waals surface area contributed by atoms with E-state index < -0.39 is 0 Å². The molecule has 11 heavy (non-hydrogen) atoms. The summed E-state index contributed by atoms with van der Waals surface area (Å²) in [6.45, 7) is 1.75. The summed E-state index contributed by atoms with van der Waals surface area (Å²) < 4.78 is 0. The summed E-state index contributed by atoms with van der Waals surface area (Å²) in [6, 6.07) is 0. The first-order valence-electron chi connectivity index (χ1n) is 3.28. The molecule has 1 rings (SSSR count). The van der Waals surface area contributed by atoms with Crippen molar-refractivity contribution in [1.29, 1.82) is 0 Å². The molecule has 1 heterocycles. The molecular weight excluding hydrogens is 168 g/mol. The quantitative estimate of drug-likeness (QED) is 0.407. The molecule has 2 amide bonds. The number of rotatable bonds is 1. The third-order valence-corrected chi connectivity index (χ3v) is 1.74. The average Bonchev–Trinajstić information content (AvgIpc) is 1.95. The van der Waals surface area contributed by atoms with Gasteiger partial charge in [0.05, 0.1) is 6.54 Å². The first-order valence-corrected chi connectivity index (χ1v) is 3.28. The molecular formula is C6H11ClN2O2. The van der Waals surface area contributed by atoms with Crippen LogP contribution in [-0.4, -0.2) is 43.9 Å². The minimum Gasteiger partial charge on any atom is -1.00 e. The largest absolute Gasteiger partial charge is 1.00 e. The van der Waals surface area contributed by atoms with E-state index in [0.717, 1.165) is 17.9 Å². The molecule has 1 unspecified atom stereocenters. The molecule has 0 radical (unpaired) electrons. The molecule has 0 aromatic carbocycles. The van der Waals surface area contributed by atoms with Crippen LogP contribution in [0.1, 0.15) is 0 Å². The zero-order valence-corrected chi connectivity index (χ0v) is 7.10. The van der Waals surface area contributed by atoms with Gasteiger partial charge < -0.3 is 17.3 Å². The van der Waals surface area contributed by atoms with E-state index in [0.29, 0.717) is 13.1 Å². The molecule has 0 saturated carbocycles. The Morgan fingerprint density at radius 2 is 2.27 bits per heavy atom. The maximum Gasteiger partial charge on any atom is 0.300 e. The van der Waals surface area contributed by atoms with Gasteiger partial charge in [-0.2, -0.15) is 0 Å².